The van der Waals surface area contributed by atoms with Crippen LogP contribution in [-0.4, -0.2) is 14.1 Å². The van der Waals surface area contributed by atoms with E-state index in [-0.39, 0.29) is 10.8 Å². The standard InChI is InChI=1S/C20H27NO2Si/c1-14-9-7-12-17(18(14)21)19(22)15-10-8-11-16(13-15)23-24(5,6)20(2,3)4/h7-13H,21H2,1-6H3. The second-order valence-electron chi connectivity index (χ2n) is 7.76. The molecule has 2 aromatic rings. The Labute approximate surface area is 146 Å². The number of aryl methyl sites for hydroxylation is 1. The third-order valence-electron chi connectivity index (χ3n) is 4.84. The number of nitrogen functional groups attached to an aromatic ring is 1. The first-order valence-electron chi connectivity index (χ1n) is 8.22. The Morgan fingerprint density at radius 2 is 1.71 bits per heavy atom. The van der Waals surface area contributed by atoms with Gasteiger partial charge in [0.15, 0.2) is 5.78 Å². The normalized spacial score (nSPS) is 12.1. The molecule has 2 aromatic carbocycles. The molecular formula is C20H27NO2Si. The molecule has 2 rings (SSSR count). The Hall–Kier alpha value is -2.07. The van der Waals surface area contributed by atoms with Gasteiger partial charge in [-0.25, -0.2) is 0 Å². The maximum Gasteiger partial charge on any atom is 0.250 e. The molecule has 0 unspecified atom stereocenters. The Morgan fingerprint density at radius 1 is 1.08 bits per heavy atom. The van der Waals surface area contributed by atoms with E-state index >= 15 is 0 Å². The summed E-state index contributed by atoms with van der Waals surface area (Å²) in [6, 6.07) is 12.9. The predicted octanol–water partition coefficient (Wildman–Crippen LogP) is 5.19. The zero-order valence-electron chi connectivity index (χ0n) is 15.4. The second-order valence-corrected chi connectivity index (χ2v) is 12.5. The number of hydrogen-bond donors (Lipinski definition) is 1. The van der Waals surface area contributed by atoms with Gasteiger partial charge >= 0.3 is 0 Å². The summed E-state index contributed by atoms with van der Waals surface area (Å²) in [6.07, 6.45) is 0. The number of carbonyl (C=O) groups excluding carboxylic acids is 1. The third kappa shape index (κ3) is 3.70. The predicted molar refractivity (Wildman–Crippen MR) is 103 cm³/mol. The number of benzene rings is 2. The highest BCUT2D eigenvalue weighted by Gasteiger charge is 2.39. The number of ketones is 1. The molecule has 3 nitrogen and oxygen atoms in total. The Morgan fingerprint density at radius 3 is 2.33 bits per heavy atom. The summed E-state index contributed by atoms with van der Waals surface area (Å²) in [5.74, 6) is 0.676. The van der Waals surface area contributed by atoms with E-state index in [2.05, 4.69) is 33.9 Å². The number of nitrogens with two attached hydrogens (primary N) is 1. The first-order valence-corrected chi connectivity index (χ1v) is 11.1. The zero-order valence-corrected chi connectivity index (χ0v) is 16.4. The molecule has 0 saturated heterocycles. The van der Waals surface area contributed by atoms with Crippen molar-refractivity contribution in [3.63, 3.8) is 0 Å². The van der Waals surface area contributed by atoms with E-state index in [1.54, 1.807) is 6.07 Å². The van der Waals surface area contributed by atoms with Crippen molar-refractivity contribution in [1.82, 2.24) is 0 Å². The number of anilines is 1. The van der Waals surface area contributed by atoms with Gasteiger partial charge in [0, 0.05) is 16.8 Å². The summed E-state index contributed by atoms with van der Waals surface area (Å²) >= 11 is 0. The van der Waals surface area contributed by atoms with Gasteiger partial charge in [-0.15, -0.1) is 0 Å². The summed E-state index contributed by atoms with van der Waals surface area (Å²) in [4.78, 5) is 12.8. The molecule has 0 bridgehead atoms. The number of para-hydroxylation sites is 1. The first kappa shape index (κ1) is 18.3. The highest BCUT2D eigenvalue weighted by molar-refractivity contribution is 6.74. The lowest BCUT2D eigenvalue weighted by Crippen LogP contribution is -2.43. The van der Waals surface area contributed by atoms with Crippen molar-refractivity contribution in [3.05, 3.63) is 59.2 Å². The molecule has 0 atom stereocenters. The molecule has 0 aliphatic rings. The van der Waals surface area contributed by atoms with Crippen molar-refractivity contribution in [1.29, 1.82) is 0 Å². The van der Waals surface area contributed by atoms with Crippen molar-refractivity contribution >= 4 is 19.8 Å². The van der Waals surface area contributed by atoms with Crippen LogP contribution in [-0.2, 0) is 0 Å². The van der Waals surface area contributed by atoms with E-state index in [9.17, 15) is 4.79 Å². The van der Waals surface area contributed by atoms with Crippen LogP contribution in [0.2, 0.25) is 18.1 Å². The topological polar surface area (TPSA) is 52.3 Å². The number of carbonyl (C=O) groups is 1. The molecule has 0 saturated carbocycles. The van der Waals surface area contributed by atoms with Crippen LogP contribution in [0.25, 0.3) is 0 Å². The fourth-order valence-corrected chi connectivity index (χ4v) is 3.21. The molecular weight excluding hydrogens is 314 g/mol. The van der Waals surface area contributed by atoms with Gasteiger partial charge in [-0.2, -0.15) is 0 Å². The van der Waals surface area contributed by atoms with Crippen LogP contribution in [0.4, 0.5) is 5.69 Å². The van der Waals surface area contributed by atoms with Gasteiger partial charge in [0.1, 0.15) is 5.75 Å². The van der Waals surface area contributed by atoms with Crippen molar-refractivity contribution in [2.24, 2.45) is 0 Å². The van der Waals surface area contributed by atoms with Gasteiger partial charge in [-0.3, -0.25) is 4.79 Å². The van der Waals surface area contributed by atoms with Gasteiger partial charge < -0.3 is 10.2 Å². The van der Waals surface area contributed by atoms with Gasteiger partial charge in [-0.05, 0) is 48.8 Å². The van der Waals surface area contributed by atoms with E-state index in [1.807, 2.05) is 43.3 Å². The minimum absolute atomic E-state index is 0.0723. The molecule has 4 heteroatoms. The fourth-order valence-electron chi connectivity index (χ4n) is 2.18. The maximum atomic E-state index is 12.8. The van der Waals surface area contributed by atoms with Crippen LogP contribution in [0, 0.1) is 6.92 Å². The van der Waals surface area contributed by atoms with Crippen LogP contribution in [0.3, 0.4) is 0 Å². The Bertz CT molecular complexity index is 760. The molecule has 0 heterocycles. The van der Waals surface area contributed by atoms with Gasteiger partial charge in [0.25, 0.3) is 0 Å². The molecule has 0 spiro atoms. The minimum Gasteiger partial charge on any atom is -0.543 e. The minimum atomic E-state index is -1.94. The second kappa shape index (κ2) is 6.44. The molecule has 0 aliphatic heterocycles. The van der Waals surface area contributed by atoms with Crippen LogP contribution in [0.15, 0.2) is 42.5 Å². The van der Waals surface area contributed by atoms with Crippen molar-refractivity contribution in [2.45, 2.75) is 45.8 Å². The van der Waals surface area contributed by atoms with Crippen molar-refractivity contribution in [2.75, 3.05) is 5.73 Å². The summed E-state index contributed by atoms with van der Waals surface area (Å²) in [6.45, 7) is 12.9. The molecule has 0 amide bonds. The summed E-state index contributed by atoms with van der Waals surface area (Å²) in [7, 11) is -1.94. The number of hydrogen-bond acceptors (Lipinski definition) is 3. The first-order chi connectivity index (χ1) is 11.0. The van der Waals surface area contributed by atoms with E-state index in [1.165, 1.54) is 0 Å². The Kier molecular flexibility index (Phi) is 4.90. The van der Waals surface area contributed by atoms with E-state index < -0.39 is 8.32 Å². The molecule has 0 aromatic heterocycles. The van der Waals surface area contributed by atoms with Gasteiger partial charge in [0.2, 0.25) is 8.32 Å². The smallest absolute Gasteiger partial charge is 0.250 e. The third-order valence-corrected chi connectivity index (χ3v) is 9.20. The van der Waals surface area contributed by atoms with E-state index in [0.29, 0.717) is 16.8 Å². The highest BCUT2D eigenvalue weighted by atomic mass is 28.4. The van der Waals surface area contributed by atoms with Crippen LogP contribution in [0.5, 0.6) is 5.75 Å². The molecule has 0 fully saturated rings. The maximum absolute atomic E-state index is 12.8. The lowest BCUT2D eigenvalue weighted by atomic mass is 9.99. The number of rotatable bonds is 4. The SMILES string of the molecule is Cc1cccc(C(=O)c2cccc(O[Si](C)(C)C(C)(C)C)c2)c1N. The Balaban J connectivity index is 2.34. The molecule has 24 heavy (non-hydrogen) atoms. The summed E-state index contributed by atoms with van der Waals surface area (Å²) < 4.78 is 6.30. The fraction of sp³-hybridized carbons (Fsp3) is 0.350. The summed E-state index contributed by atoms with van der Waals surface area (Å²) in [5.41, 5.74) is 8.67. The lowest BCUT2D eigenvalue weighted by molar-refractivity contribution is 0.103. The van der Waals surface area contributed by atoms with E-state index in [4.69, 9.17) is 10.2 Å². The average molecular weight is 342 g/mol. The quantitative estimate of drug-likeness (QED) is 0.473. The molecule has 128 valence electrons. The van der Waals surface area contributed by atoms with Crippen LogP contribution >= 0.6 is 0 Å². The monoisotopic (exact) mass is 341 g/mol. The average Bonchev–Trinajstić information content (AvgIpc) is 2.48. The van der Waals surface area contributed by atoms with Crippen LogP contribution in [0.1, 0.15) is 42.3 Å². The lowest BCUT2D eigenvalue weighted by Gasteiger charge is -2.36. The van der Waals surface area contributed by atoms with Gasteiger partial charge in [0.05, 0.1) is 0 Å². The highest BCUT2D eigenvalue weighted by Crippen LogP contribution is 2.37. The molecule has 2 N–H and O–H groups in total. The van der Waals surface area contributed by atoms with Crippen molar-refractivity contribution in [3.8, 4) is 5.75 Å². The van der Waals surface area contributed by atoms with Gasteiger partial charge in [-0.1, -0.05) is 45.0 Å². The molecule has 0 aliphatic carbocycles. The summed E-state index contributed by atoms with van der Waals surface area (Å²) in [5, 5.41) is 0.105. The molecule has 0 radical (unpaired) electrons. The van der Waals surface area contributed by atoms with Crippen LogP contribution < -0.4 is 10.2 Å². The zero-order chi connectivity index (χ0) is 18.1. The van der Waals surface area contributed by atoms with E-state index in [0.717, 1.165) is 11.3 Å². The van der Waals surface area contributed by atoms with Crippen molar-refractivity contribution < 1.29 is 9.22 Å². The largest absolute Gasteiger partial charge is 0.543 e.